The molecular formula is C21H17BrClNO3. The quantitative estimate of drug-likeness (QED) is 0.468. The smallest absolute Gasteiger partial charge is 0.335 e. The molecule has 0 bridgehead atoms. The van der Waals surface area contributed by atoms with Gasteiger partial charge in [-0.05, 0) is 53.6 Å². The molecule has 0 aromatic heterocycles. The van der Waals surface area contributed by atoms with Crippen molar-refractivity contribution in [2.24, 2.45) is 0 Å². The van der Waals surface area contributed by atoms with Crippen molar-refractivity contribution in [3.63, 3.8) is 0 Å². The van der Waals surface area contributed by atoms with Crippen LogP contribution in [0.25, 0.3) is 0 Å². The lowest BCUT2D eigenvalue weighted by atomic mass is 10.2. The van der Waals surface area contributed by atoms with Crippen molar-refractivity contribution in [1.82, 2.24) is 0 Å². The highest BCUT2D eigenvalue weighted by atomic mass is 79.9. The number of carboxylic acid groups (broad SMARTS) is 1. The standard InChI is InChI=1S/C21H17BrClNO3/c22-17-7-4-14(5-8-17)13-27-20-9-6-15(10-19(20)23)12-24-18-3-1-2-16(11-18)21(25)26/h1-11,24H,12-13H2,(H,25,26). The van der Waals surface area contributed by atoms with Gasteiger partial charge in [0.1, 0.15) is 12.4 Å². The van der Waals surface area contributed by atoms with Crippen molar-refractivity contribution in [1.29, 1.82) is 0 Å². The summed E-state index contributed by atoms with van der Waals surface area (Å²) in [6.07, 6.45) is 0. The van der Waals surface area contributed by atoms with Gasteiger partial charge in [-0.1, -0.05) is 51.8 Å². The molecule has 0 aliphatic rings. The third kappa shape index (κ3) is 5.49. The van der Waals surface area contributed by atoms with Crippen LogP contribution in [0.4, 0.5) is 5.69 Å². The number of anilines is 1. The summed E-state index contributed by atoms with van der Waals surface area (Å²) in [6, 6.07) is 20.2. The molecule has 0 saturated heterocycles. The van der Waals surface area contributed by atoms with Gasteiger partial charge >= 0.3 is 5.97 Å². The summed E-state index contributed by atoms with van der Waals surface area (Å²) >= 11 is 9.74. The Hall–Kier alpha value is -2.50. The second-order valence-electron chi connectivity index (χ2n) is 5.92. The molecule has 2 N–H and O–H groups in total. The number of carbonyl (C=O) groups is 1. The van der Waals surface area contributed by atoms with E-state index in [9.17, 15) is 4.79 Å². The van der Waals surface area contributed by atoms with Gasteiger partial charge in [-0.15, -0.1) is 0 Å². The Morgan fingerprint density at radius 2 is 1.78 bits per heavy atom. The number of hydrogen-bond donors (Lipinski definition) is 2. The molecule has 0 unspecified atom stereocenters. The van der Waals surface area contributed by atoms with Crippen LogP contribution in [0.2, 0.25) is 5.02 Å². The molecule has 138 valence electrons. The molecule has 3 rings (SSSR count). The van der Waals surface area contributed by atoms with Crippen LogP contribution >= 0.6 is 27.5 Å². The fraction of sp³-hybridized carbons (Fsp3) is 0.0952. The first kappa shape index (κ1) is 19.3. The summed E-state index contributed by atoms with van der Waals surface area (Å²) in [5, 5.41) is 12.8. The lowest BCUT2D eigenvalue weighted by Gasteiger charge is -2.11. The molecule has 0 saturated carbocycles. The molecule has 0 atom stereocenters. The Balaban J connectivity index is 1.60. The molecular weight excluding hydrogens is 430 g/mol. The predicted octanol–water partition coefficient (Wildman–Crippen LogP) is 5.99. The van der Waals surface area contributed by atoms with Crippen LogP contribution in [0.15, 0.2) is 71.2 Å². The summed E-state index contributed by atoms with van der Waals surface area (Å²) in [7, 11) is 0. The fourth-order valence-corrected chi connectivity index (χ4v) is 3.00. The van der Waals surface area contributed by atoms with E-state index in [1.807, 2.05) is 48.5 Å². The van der Waals surface area contributed by atoms with E-state index in [2.05, 4.69) is 21.2 Å². The Morgan fingerprint density at radius 1 is 1.04 bits per heavy atom. The molecule has 0 aliphatic carbocycles. The van der Waals surface area contributed by atoms with E-state index in [0.29, 0.717) is 23.9 Å². The number of rotatable bonds is 7. The summed E-state index contributed by atoms with van der Waals surface area (Å²) < 4.78 is 6.81. The van der Waals surface area contributed by atoms with Crippen molar-refractivity contribution in [3.05, 3.63) is 92.9 Å². The van der Waals surface area contributed by atoms with Crippen LogP contribution in [0.1, 0.15) is 21.5 Å². The van der Waals surface area contributed by atoms with E-state index in [0.717, 1.165) is 21.3 Å². The van der Waals surface area contributed by atoms with Gasteiger partial charge in [-0.25, -0.2) is 4.79 Å². The van der Waals surface area contributed by atoms with Crippen molar-refractivity contribution in [2.45, 2.75) is 13.2 Å². The second-order valence-corrected chi connectivity index (χ2v) is 7.24. The number of ether oxygens (including phenoxy) is 1. The number of benzene rings is 3. The van der Waals surface area contributed by atoms with Gasteiger partial charge in [-0.2, -0.15) is 0 Å². The first-order chi connectivity index (χ1) is 13.0. The largest absolute Gasteiger partial charge is 0.487 e. The molecule has 0 radical (unpaired) electrons. The SMILES string of the molecule is O=C(O)c1cccc(NCc2ccc(OCc3ccc(Br)cc3)c(Cl)c2)c1. The van der Waals surface area contributed by atoms with Gasteiger partial charge < -0.3 is 15.2 Å². The van der Waals surface area contributed by atoms with Gasteiger partial charge in [0.05, 0.1) is 10.6 Å². The minimum Gasteiger partial charge on any atom is -0.487 e. The molecule has 6 heteroatoms. The van der Waals surface area contributed by atoms with E-state index >= 15 is 0 Å². The van der Waals surface area contributed by atoms with Crippen LogP contribution in [0.5, 0.6) is 5.75 Å². The van der Waals surface area contributed by atoms with Crippen molar-refractivity contribution >= 4 is 39.2 Å². The van der Waals surface area contributed by atoms with Crippen molar-refractivity contribution in [2.75, 3.05) is 5.32 Å². The van der Waals surface area contributed by atoms with E-state index in [-0.39, 0.29) is 5.56 Å². The van der Waals surface area contributed by atoms with Crippen LogP contribution in [0.3, 0.4) is 0 Å². The number of halogens is 2. The molecule has 3 aromatic rings. The van der Waals surface area contributed by atoms with E-state index in [4.69, 9.17) is 21.4 Å². The zero-order chi connectivity index (χ0) is 19.2. The van der Waals surface area contributed by atoms with Crippen LogP contribution in [-0.2, 0) is 13.2 Å². The maximum atomic E-state index is 11.0. The average molecular weight is 447 g/mol. The molecule has 0 amide bonds. The minimum absolute atomic E-state index is 0.245. The van der Waals surface area contributed by atoms with Crippen LogP contribution in [-0.4, -0.2) is 11.1 Å². The van der Waals surface area contributed by atoms with E-state index < -0.39 is 5.97 Å². The molecule has 0 fully saturated rings. The third-order valence-corrected chi connectivity index (χ3v) is 4.73. The first-order valence-corrected chi connectivity index (χ1v) is 9.41. The van der Waals surface area contributed by atoms with E-state index in [1.165, 1.54) is 0 Å². The maximum Gasteiger partial charge on any atom is 0.335 e. The normalized spacial score (nSPS) is 10.4. The monoisotopic (exact) mass is 445 g/mol. The summed E-state index contributed by atoms with van der Waals surface area (Å²) in [6.45, 7) is 0.961. The lowest BCUT2D eigenvalue weighted by Crippen LogP contribution is -2.02. The van der Waals surface area contributed by atoms with E-state index in [1.54, 1.807) is 18.2 Å². The van der Waals surface area contributed by atoms with Crippen molar-refractivity contribution < 1.29 is 14.6 Å². The molecule has 4 nitrogen and oxygen atoms in total. The Bertz CT molecular complexity index is 944. The fourth-order valence-electron chi connectivity index (χ4n) is 2.48. The number of carboxylic acids is 1. The van der Waals surface area contributed by atoms with Crippen LogP contribution in [0, 0.1) is 0 Å². The van der Waals surface area contributed by atoms with Gasteiger partial charge in [-0.3, -0.25) is 0 Å². The van der Waals surface area contributed by atoms with Gasteiger partial charge in [0.15, 0.2) is 0 Å². The lowest BCUT2D eigenvalue weighted by molar-refractivity contribution is 0.0697. The Morgan fingerprint density at radius 3 is 2.48 bits per heavy atom. The number of nitrogens with one attached hydrogen (secondary N) is 1. The molecule has 0 spiro atoms. The Kier molecular flexibility index (Phi) is 6.37. The first-order valence-electron chi connectivity index (χ1n) is 8.24. The van der Waals surface area contributed by atoms with Gasteiger partial charge in [0.25, 0.3) is 0 Å². The third-order valence-electron chi connectivity index (χ3n) is 3.91. The predicted molar refractivity (Wildman–Crippen MR) is 111 cm³/mol. The zero-order valence-corrected chi connectivity index (χ0v) is 16.6. The zero-order valence-electron chi connectivity index (χ0n) is 14.3. The summed E-state index contributed by atoms with van der Waals surface area (Å²) in [5.41, 5.74) is 3.01. The average Bonchev–Trinajstić information content (AvgIpc) is 2.67. The summed E-state index contributed by atoms with van der Waals surface area (Å²) in [4.78, 5) is 11.0. The number of aromatic carboxylic acids is 1. The number of hydrogen-bond acceptors (Lipinski definition) is 3. The highest BCUT2D eigenvalue weighted by Gasteiger charge is 2.06. The molecule has 0 aliphatic heterocycles. The second kappa shape index (κ2) is 8.93. The Labute approximate surface area is 170 Å². The van der Waals surface area contributed by atoms with Gasteiger partial charge in [0.2, 0.25) is 0 Å². The highest BCUT2D eigenvalue weighted by molar-refractivity contribution is 9.10. The van der Waals surface area contributed by atoms with Crippen molar-refractivity contribution in [3.8, 4) is 5.75 Å². The highest BCUT2D eigenvalue weighted by Crippen LogP contribution is 2.27. The molecule has 27 heavy (non-hydrogen) atoms. The minimum atomic E-state index is -0.950. The topological polar surface area (TPSA) is 58.6 Å². The molecule has 0 heterocycles. The molecule has 3 aromatic carbocycles. The van der Waals surface area contributed by atoms with Gasteiger partial charge in [0, 0.05) is 16.7 Å². The van der Waals surface area contributed by atoms with Crippen LogP contribution < -0.4 is 10.1 Å². The summed E-state index contributed by atoms with van der Waals surface area (Å²) in [5.74, 6) is -0.329. The maximum absolute atomic E-state index is 11.0.